The lowest BCUT2D eigenvalue weighted by Gasteiger charge is -2.41. The second kappa shape index (κ2) is 14.4. The van der Waals surface area contributed by atoms with Crippen LogP contribution in [0.25, 0.3) is 22.2 Å². The van der Waals surface area contributed by atoms with Crippen molar-refractivity contribution in [1.29, 1.82) is 0 Å². The molecule has 1 aliphatic heterocycles. The fraction of sp³-hybridized carbons (Fsp3) is 0.216. The van der Waals surface area contributed by atoms with Crippen molar-refractivity contribution in [3.63, 3.8) is 0 Å². The number of nitrogens with zero attached hydrogens (tertiary/aromatic N) is 4. The Bertz CT molecular complexity index is 1990. The van der Waals surface area contributed by atoms with E-state index in [0.29, 0.717) is 17.8 Å². The smallest absolute Gasteiger partial charge is 0.271 e. The third-order valence-electron chi connectivity index (χ3n) is 8.48. The van der Waals surface area contributed by atoms with Crippen LogP contribution in [0.3, 0.4) is 0 Å². The zero-order chi connectivity index (χ0) is 32.9. The summed E-state index contributed by atoms with van der Waals surface area (Å²) in [7, 11) is 0. The minimum Gasteiger partial charge on any atom is -0.392 e. The number of amides is 1. The summed E-state index contributed by atoms with van der Waals surface area (Å²) in [4.78, 5) is 25.9. The number of aliphatic hydroxyl groups excluding tert-OH is 1. The van der Waals surface area contributed by atoms with E-state index in [-0.39, 0.29) is 36.3 Å². The number of carbonyl (C=O) groups is 1. The molecule has 0 radical (unpaired) electrons. The molecule has 4 unspecified atom stereocenters. The highest BCUT2D eigenvalue weighted by Crippen LogP contribution is 2.43. The van der Waals surface area contributed by atoms with Crippen LogP contribution >= 0.6 is 11.8 Å². The molecule has 2 aromatic heterocycles. The summed E-state index contributed by atoms with van der Waals surface area (Å²) in [6, 6.07) is 31.7. The van der Waals surface area contributed by atoms with E-state index < -0.39 is 6.29 Å². The lowest BCUT2D eigenvalue weighted by molar-refractivity contribution is -0.268. The van der Waals surface area contributed by atoms with Crippen LogP contribution in [0.2, 0.25) is 0 Å². The molecule has 4 atom stereocenters. The molecule has 0 saturated carbocycles. The summed E-state index contributed by atoms with van der Waals surface area (Å²) in [6.07, 6.45) is 2.11. The standard InChI is InChI=1S/C37H34N6O4S/c1-23-33(21-48-37-40-22-41-43-37)46-36(47-34(23)27-11-9-24(20-44)10-12-27)28-15-13-26(14-16-28)29-6-4-5-25(17-29)18-39-35(45)32-19-38-30-7-2-3-8-31(30)42-32/h2-17,19,22-23,33-34,36,44H,18,20-21H2,1H3,(H,39,45)(H,40,41,43). The van der Waals surface area contributed by atoms with Gasteiger partial charge in [-0.3, -0.25) is 14.9 Å². The van der Waals surface area contributed by atoms with Crippen LogP contribution in [0.1, 0.15) is 52.1 Å². The van der Waals surface area contributed by atoms with Gasteiger partial charge in [0.2, 0.25) is 0 Å². The molecule has 0 aliphatic carbocycles. The third-order valence-corrected chi connectivity index (χ3v) is 9.44. The number of aromatic nitrogens is 5. The minimum atomic E-state index is -0.571. The molecule has 3 heterocycles. The summed E-state index contributed by atoms with van der Waals surface area (Å²) in [6.45, 7) is 2.49. The van der Waals surface area contributed by atoms with E-state index in [1.54, 1.807) is 11.8 Å². The zero-order valence-electron chi connectivity index (χ0n) is 26.2. The highest BCUT2D eigenvalue weighted by Gasteiger charge is 2.38. The monoisotopic (exact) mass is 658 g/mol. The first-order valence-corrected chi connectivity index (χ1v) is 16.7. The van der Waals surface area contributed by atoms with Gasteiger partial charge in [0, 0.05) is 23.8 Å². The Morgan fingerprint density at radius 2 is 1.67 bits per heavy atom. The predicted octanol–water partition coefficient (Wildman–Crippen LogP) is 6.42. The van der Waals surface area contributed by atoms with Crippen molar-refractivity contribution in [1.82, 2.24) is 30.5 Å². The number of H-pyrrole nitrogens is 1. The number of thioether (sulfide) groups is 1. The van der Waals surface area contributed by atoms with E-state index in [1.807, 2.05) is 78.9 Å². The number of aromatic amines is 1. The van der Waals surface area contributed by atoms with Gasteiger partial charge in [0.05, 0.1) is 36.0 Å². The first-order valence-electron chi connectivity index (χ1n) is 15.7. The lowest BCUT2D eigenvalue weighted by Crippen LogP contribution is -2.38. The predicted molar refractivity (Wildman–Crippen MR) is 183 cm³/mol. The molecule has 48 heavy (non-hydrogen) atoms. The van der Waals surface area contributed by atoms with Crippen LogP contribution in [-0.2, 0) is 22.6 Å². The van der Waals surface area contributed by atoms with Crippen molar-refractivity contribution in [2.75, 3.05) is 5.75 Å². The van der Waals surface area contributed by atoms with E-state index in [9.17, 15) is 9.90 Å². The minimum absolute atomic E-state index is 0.00600. The van der Waals surface area contributed by atoms with Crippen LogP contribution in [0.4, 0.5) is 0 Å². The molecule has 11 heteroatoms. The van der Waals surface area contributed by atoms with E-state index in [4.69, 9.17) is 9.47 Å². The fourth-order valence-electron chi connectivity index (χ4n) is 5.77. The van der Waals surface area contributed by atoms with Gasteiger partial charge in [0.25, 0.3) is 5.91 Å². The van der Waals surface area contributed by atoms with Crippen LogP contribution < -0.4 is 5.32 Å². The highest BCUT2D eigenvalue weighted by molar-refractivity contribution is 7.99. The second-order valence-corrected chi connectivity index (χ2v) is 12.7. The maximum absolute atomic E-state index is 12.8. The van der Waals surface area contributed by atoms with Gasteiger partial charge < -0.3 is 19.9 Å². The lowest BCUT2D eigenvalue weighted by atomic mass is 9.91. The third kappa shape index (κ3) is 7.14. The molecule has 3 N–H and O–H groups in total. The molecule has 10 nitrogen and oxygen atoms in total. The number of hydrogen-bond acceptors (Lipinski definition) is 9. The number of hydrogen-bond donors (Lipinski definition) is 3. The number of nitrogens with one attached hydrogen (secondary N) is 2. The molecular weight excluding hydrogens is 625 g/mol. The summed E-state index contributed by atoms with van der Waals surface area (Å²) in [5.41, 5.74) is 7.55. The van der Waals surface area contributed by atoms with Crippen molar-refractivity contribution in [3.05, 3.63) is 138 Å². The van der Waals surface area contributed by atoms with Crippen molar-refractivity contribution < 1.29 is 19.4 Å². The molecule has 1 aliphatic rings. The molecule has 242 valence electrons. The van der Waals surface area contributed by atoms with Crippen molar-refractivity contribution in [2.45, 2.75) is 43.7 Å². The topological polar surface area (TPSA) is 135 Å². The Morgan fingerprint density at radius 1 is 0.875 bits per heavy atom. The summed E-state index contributed by atoms with van der Waals surface area (Å²) < 4.78 is 13.2. The van der Waals surface area contributed by atoms with E-state index in [2.05, 4.69) is 55.6 Å². The van der Waals surface area contributed by atoms with E-state index in [0.717, 1.165) is 44.1 Å². The van der Waals surface area contributed by atoms with Gasteiger partial charge in [0.15, 0.2) is 11.4 Å². The van der Waals surface area contributed by atoms with E-state index >= 15 is 0 Å². The van der Waals surface area contributed by atoms with Gasteiger partial charge >= 0.3 is 0 Å². The van der Waals surface area contributed by atoms with Crippen molar-refractivity contribution in [3.8, 4) is 11.1 Å². The van der Waals surface area contributed by atoms with Crippen LogP contribution in [0, 0.1) is 5.92 Å². The Labute approximate surface area is 282 Å². The Balaban J connectivity index is 1.05. The molecular formula is C37H34N6O4S. The van der Waals surface area contributed by atoms with Crippen LogP contribution in [0.15, 0.2) is 115 Å². The van der Waals surface area contributed by atoms with Gasteiger partial charge in [-0.2, -0.15) is 5.10 Å². The van der Waals surface area contributed by atoms with Gasteiger partial charge in [-0.15, -0.1) is 0 Å². The number of rotatable bonds is 10. The number of carbonyl (C=O) groups excluding carboxylic acids is 1. The number of fused-ring (bicyclic) bond motifs is 1. The van der Waals surface area contributed by atoms with Gasteiger partial charge in [-0.05, 0) is 46.0 Å². The molecule has 1 amide bonds. The Morgan fingerprint density at radius 3 is 2.44 bits per heavy atom. The molecule has 1 fully saturated rings. The van der Waals surface area contributed by atoms with Crippen molar-refractivity contribution in [2.24, 2.45) is 5.92 Å². The molecule has 7 rings (SSSR count). The first kappa shape index (κ1) is 31.6. The fourth-order valence-corrected chi connectivity index (χ4v) is 6.71. The van der Waals surface area contributed by atoms with Gasteiger partial charge in [-0.25, -0.2) is 9.97 Å². The maximum atomic E-state index is 12.8. The average Bonchev–Trinajstić information content (AvgIpc) is 3.67. The van der Waals surface area contributed by atoms with Gasteiger partial charge in [-0.1, -0.05) is 97.5 Å². The average molecular weight is 659 g/mol. The maximum Gasteiger partial charge on any atom is 0.271 e. The number of ether oxygens (including phenoxy) is 2. The van der Waals surface area contributed by atoms with E-state index in [1.165, 1.54) is 12.5 Å². The Kier molecular flexibility index (Phi) is 9.53. The SMILES string of the molecule is CC1C(CSc2ncn[nH]2)OC(c2ccc(-c3cccc(CNC(=O)c4cnc5ccccc5n4)c3)cc2)OC1c1ccc(CO)cc1. The Hall–Kier alpha value is -4.94. The summed E-state index contributed by atoms with van der Waals surface area (Å²) in [5.74, 6) is 0.466. The normalized spacial score (nSPS) is 19.3. The quantitative estimate of drug-likeness (QED) is 0.143. The van der Waals surface area contributed by atoms with Crippen LogP contribution in [-0.4, -0.2) is 48.0 Å². The number of benzene rings is 4. The van der Waals surface area contributed by atoms with Crippen molar-refractivity contribution >= 4 is 28.7 Å². The second-order valence-electron chi connectivity index (χ2n) is 11.7. The summed E-state index contributed by atoms with van der Waals surface area (Å²) >= 11 is 1.57. The molecule has 0 spiro atoms. The number of aliphatic hydroxyl groups is 1. The summed E-state index contributed by atoms with van der Waals surface area (Å²) in [5, 5.41) is 20.1. The molecule has 4 aromatic carbocycles. The molecule has 0 bridgehead atoms. The van der Waals surface area contributed by atoms with Gasteiger partial charge in [0.1, 0.15) is 12.0 Å². The first-order chi connectivity index (χ1) is 23.5. The molecule has 6 aromatic rings. The highest BCUT2D eigenvalue weighted by atomic mass is 32.2. The van der Waals surface area contributed by atoms with Crippen LogP contribution in [0.5, 0.6) is 0 Å². The zero-order valence-corrected chi connectivity index (χ0v) is 27.0. The number of para-hydroxylation sites is 2. The largest absolute Gasteiger partial charge is 0.392 e. The molecule has 1 saturated heterocycles.